The number of nitrogens with one attached hydrogen (secondary N) is 1. The van der Waals surface area contributed by atoms with Crippen LogP contribution in [0.3, 0.4) is 0 Å². The molecule has 0 aromatic heterocycles. The molecule has 1 aliphatic carbocycles. The highest BCUT2D eigenvalue weighted by atomic mass is 14.9. The molecule has 3 rings (SSSR count). The summed E-state index contributed by atoms with van der Waals surface area (Å²) in [5, 5.41) is 3.57. The fourth-order valence-corrected chi connectivity index (χ4v) is 3.38. The zero-order chi connectivity index (χ0) is 16.5. The molecular weight excluding hydrogens is 278 g/mol. The van der Waals surface area contributed by atoms with Crippen LogP contribution in [0.2, 0.25) is 0 Å². The van der Waals surface area contributed by atoms with E-state index in [0.717, 1.165) is 6.42 Å². The third kappa shape index (κ3) is 3.34. The second kappa shape index (κ2) is 5.88. The molecule has 1 aliphatic heterocycles. The molecule has 0 bridgehead atoms. The minimum atomic E-state index is 0.0845. The molecule has 120 valence electrons. The summed E-state index contributed by atoms with van der Waals surface area (Å²) in [7, 11) is 0. The van der Waals surface area contributed by atoms with E-state index < -0.39 is 0 Å². The predicted molar refractivity (Wildman–Crippen MR) is 99.9 cm³/mol. The smallest absolute Gasteiger partial charge is 0.0536 e. The molecule has 0 amide bonds. The lowest BCUT2D eigenvalue weighted by atomic mass is 9.71. The maximum Gasteiger partial charge on any atom is 0.0536 e. The van der Waals surface area contributed by atoms with Crippen molar-refractivity contribution in [1.29, 1.82) is 0 Å². The van der Waals surface area contributed by atoms with Crippen LogP contribution in [0.1, 0.15) is 39.7 Å². The molecule has 0 saturated carbocycles. The van der Waals surface area contributed by atoms with Crippen molar-refractivity contribution in [1.82, 2.24) is 5.32 Å². The predicted octanol–water partition coefficient (Wildman–Crippen LogP) is 5.49. The molecule has 23 heavy (non-hydrogen) atoms. The van der Waals surface area contributed by atoms with Gasteiger partial charge >= 0.3 is 0 Å². The van der Waals surface area contributed by atoms with Gasteiger partial charge in [-0.2, -0.15) is 0 Å². The first kappa shape index (κ1) is 15.9. The Labute approximate surface area is 140 Å². The van der Waals surface area contributed by atoms with Gasteiger partial charge in [-0.25, -0.2) is 0 Å². The number of rotatable bonds is 2. The lowest BCUT2D eigenvalue weighted by molar-refractivity contribution is 0.347. The van der Waals surface area contributed by atoms with Gasteiger partial charge in [0.25, 0.3) is 0 Å². The van der Waals surface area contributed by atoms with E-state index in [1.54, 1.807) is 0 Å². The van der Waals surface area contributed by atoms with Crippen molar-refractivity contribution in [2.75, 3.05) is 0 Å². The lowest BCUT2D eigenvalue weighted by Gasteiger charge is -2.39. The average Bonchev–Trinajstić information content (AvgIpc) is 2.55. The quantitative estimate of drug-likeness (QED) is 0.761. The van der Waals surface area contributed by atoms with Crippen molar-refractivity contribution in [3.63, 3.8) is 0 Å². The van der Waals surface area contributed by atoms with E-state index in [9.17, 15) is 0 Å². The second-order valence-corrected chi connectivity index (χ2v) is 7.95. The van der Waals surface area contributed by atoms with E-state index in [-0.39, 0.29) is 10.8 Å². The molecule has 0 spiro atoms. The van der Waals surface area contributed by atoms with E-state index in [0.29, 0.717) is 6.04 Å². The third-order valence-corrected chi connectivity index (χ3v) is 4.95. The number of benzene rings is 1. The number of hydrogen-bond donors (Lipinski definition) is 1. The van der Waals surface area contributed by atoms with E-state index >= 15 is 0 Å². The highest BCUT2D eigenvalue weighted by Crippen LogP contribution is 2.41. The van der Waals surface area contributed by atoms with Crippen molar-refractivity contribution >= 4 is 5.57 Å². The lowest BCUT2D eigenvalue weighted by Crippen LogP contribution is -2.41. The summed E-state index contributed by atoms with van der Waals surface area (Å²) in [5.74, 6) is 0. The van der Waals surface area contributed by atoms with Gasteiger partial charge in [0.15, 0.2) is 0 Å². The van der Waals surface area contributed by atoms with Crippen LogP contribution < -0.4 is 5.32 Å². The summed E-state index contributed by atoms with van der Waals surface area (Å²) in [6.45, 7) is 9.19. The van der Waals surface area contributed by atoms with Gasteiger partial charge in [0.05, 0.1) is 6.04 Å². The Balaban J connectivity index is 1.86. The Morgan fingerprint density at radius 1 is 1.13 bits per heavy atom. The maximum atomic E-state index is 3.57. The summed E-state index contributed by atoms with van der Waals surface area (Å²) in [6.07, 6.45) is 14.6. The molecular formula is C22H27N. The first-order valence-corrected chi connectivity index (χ1v) is 8.47. The highest BCUT2D eigenvalue weighted by molar-refractivity contribution is 5.69. The molecule has 0 fully saturated rings. The van der Waals surface area contributed by atoms with Gasteiger partial charge in [-0.3, -0.25) is 0 Å². The number of hydrogen-bond acceptors (Lipinski definition) is 1. The van der Waals surface area contributed by atoms with Gasteiger partial charge in [0.2, 0.25) is 0 Å². The molecule has 2 unspecified atom stereocenters. The molecule has 1 heteroatoms. The van der Waals surface area contributed by atoms with Crippen LogP contribution in [0.4, 0.5) is 0 Å². The van der Waals surface area contributed by atoms with Gasteiger partial charge in [0, 0.05) is 5.41 Å². The van der Waals surface area contributed by atoms with Gasteiger partial charge in [-0.05, 0) is 40.8 Å². The molecule has 1 nitrogen and oxygen atoms in total. The zero-order valence-corrected chi connectivity index (χ0v) is 14.6. The van der Waals surface area contributed by atoms with E-state index in [2.05, 4.69) is 99.9 Å². The molecule has 1 N–H and O–H groups in total. The van der Waals surface area contributed by atoms with Crippen LogP contribution in [0, 0.1) is 10.8 Å². The molecule has 0 radical (unpaired) electrons. The van der Waals surface area contributed by atoms with Crippen molar-refractivity contribution in [3.05, 3.63) is 78.0 Å². The SMILES string of the molecule is CC(C)(C)C1=CC(C2(C)C=CC=C(c3ccccc3)C2)NC=C1. The Bertz CT molecular complexity index is 682. The minimum absolute atomic E-state index is 0.0845. The standard InChI is InChI=1S/C22H27N/c1-21(2,3)19-12-14-23-20(15-19)22(4)13-8-11-18(16-22)17-9-6-5-7-10-17/h5-15,20,23H,16H2,1-4H3. The Hall–Kier alpha value is -2.02. The topological polar surface area (TPSA) is 12.0 Å². The summed E-state index contributed by atoms with van der Waals surface area (Å²) < 4.78 is 0. The first-order valence-electron chi connectivity index (χ1n) is 8.47. The molecule has 1 heterocycles. The summed E-state index contributed by atoms with van der Waals surface area (Å²) >= 11 is 0. The van der Waals surface area contributed by atoms with Crippen LogP contribution in [0.5, 0.6) is 0 Å². The fraction of sp³-hybridized carbons (Fsp3) is 0.364. The molecule has 2 atom stereocenters. The van der Waals surface area contributed by atoms with E-state index in [1.165, 1.54) is 16.7 Å². The van der Waals surface area contributed by atoms with Crippen LogP contribution in [0.25, 0.3) is 5.57 Å². The van der Waals surface area contributed by atoms with Gasteiger partial charge in [-0.1, -0.05) is 82.3 Å². The Kier molecular flexibility index (Phi) is 4.06. The number of dihydropyridines is 1. The van der Waals surface area contributed by atoms with Crippen molar-refractivity contribution in [2.24, 2.45) is 10.8 Å². The minimum Gasteiger partial charge on any atom is -0.384 e. The van der Waals surface area contributed by atoms with Gasteiger partial charge in [0.1, 0.15) is 0 Å². The third-order valence-electron chi connectivity index (χ3n) is 4.95. The molecule has 0 saturated heterocycles. The Morgan fingerprint density at radius 3 is 2.57 bits per heavy atom. The summed E-state index contributed by atoms with van der Waals surface area (Å²) in [5.41, 5.74) is 4.42. The second-order valence-electron chi connectivity index (χ2n) is 7.95. The van der Waals surface area contributed by atoms with Crippen molar-refractivity contribution < 1.29 is 0 Å². The van der Waals surface area contributed by atoms with E-state index in [1.807, 2.05) is 0 Å². The van der Waals surface area contributed by atoms with Crippen LogP contribution >= 0.6 is 0 Å². The van der Waals surface area contributed by atoms with Crippen LogP contribution in [-0.4, -0.2) is 6.04 Å². The van der Waals surface area contributed by atoms with Crippen molar-refractivity contribution in [2.45, 2.75) is 40.2 Å². The molecule has 2 aliphatic rings. The van der Waals surface area contributed by atoms with Gasteiger partial charge < -0.3 is 5.32 Å². The number of allylic oxidation sites excluding steroid dienone is 5. The first-order chi connectivity index (χ1) is 10.9. The van der Waals surface area contributed by atoms with Crippen LogP contribution in [-0.2, 0) is 0 Å². The maximum absolute atomic E-state index is 3.57. The summed E-state index contributed by atoms with van der Waals surface area (Å²) in [6, 6.07) is 11.0. The largest absolute Gasteiger partial charge is 0.384 e. The normalized spacial score (nSPS) is 27.2. The molecule has 1 aromatic carbocycles. The van der Waals surface area contributed by atoms with E-state index in [4.69, 9.17) is 0 Å². The summed E-state index contributed by atoms with van der Waals surface area (Å²) in [4.78, 5) is 0. The monoisotopic (exact) mass is 305 g/mol. The molecule has 1 aromatic rings. The fourth-order valence-electron chi connectivity index (χ4n) is 3.38. The average molecular weight is 305 g/mol. The van der Waals surface area contributed by atoms with Crippen molar-refractivity contribution in [3.8, 4) is 0 Å². The van der Waals surface area contributed by atoms with Crippen LogP contribution in [0.15, 0.2) is 72.5 Å². The zero-order valence-electron chi connectivity index (χ0n) is 14.6. The van der Waals surface area contributed by atoms with Gasteiger partial charge in [-0.15, -0.1) is 0 Å². The Morgan fingerprint density at radius 2 is 1.87 bits per heavy atom. The highest BCUT2D eigenvalue weighted by Gasteiger charge is 2.34.